The van der Waals surface area contributed by atoms with E-state index in [-0.39, 0.29) is 24.0 Å². The Hall–Kier alpha value is -4.30. The van der Waals surface area contributed by atoms with Gasteiger partial charge in [-0.1, -0.05) is 30.3 Å². The average molecular weight is 514 g/mol. The van der Waals surface area contributed by atoms with E-state index >= 15 is 0 Å². The second-order valence-electron chi connectivity index (χ2n) is 9.43. The van der Waals surface area contributed by atoms with Crippen LogP contribution in [0.4, 0.5) is 0 Å². The summed E-state index contributed by atoms with van der Waals surface area (Å²) >= 11 is 0. The predicted octanol–water partition coefficient (Wildman–Crippen LogP) is 4.85. The first-order chi connectivity index (χ1) is 18.6. The lowest BCUT2D eigenvalue weighted by Gasteiger charge is -2.28. The summed E-state index contributed by atoms with van der Waals surface area (Å²) in [6.45, 7) is 1.69. The van der Waals surface area contributed by atoms with Crippen LogP contribution in [0.3, 0.4) is 0 Å². The molecule has 38 heavy (non-hydrogen) atoms. The molecule has 0 aromatic heterocycles. The minimum atomic E-state index is -0.813. The third kappa shape index (κ3) is 4.59. The van der Waals surface area contributed by atoms with Crippen molar-refractivity contribution in [2.45, 2.75) is 25.0 Å². The zero-order valence-corrected chi connectivity index (χ0v) is 20.7. The van der Waals surface area contributed by atoms with E-state index in [1.54, 1.807) is 24.3 Å². The molecule has 0 radical (unpaired) electrons. The maximum absolute atomic E-state index is 13.4. The molecule has 8 heteroatoms. The number of carbonyl (C=O) groups excluding carboxylic acids is 2. The molecule has 2 atom stereocenters. The van der Waals surface area contributed by atoms with E-state index in [0.717, 1.165) is 12.8 Å². The van der Waals surface area contributed by atoms with Gasteiger partial charge >= 0.3 is 0 Å². The molecule has 0 spiro atoms. The number of likely N-dealkylation sites (tertiary alicyclic amines) is 1. The van der Waals surface area contributed by atoms with Gasteiger partial charge in [-0.2, -0.15) is 0 Å². The molecule has 194 valence electrons. The molecule has 3 aromatic rings. The maximum Gasteiger partial charge on any atom is 0.295 e. The van der Waals surface area contributed by atoms with Gasteiger partial charge in [0, 0.05) is 18.7 Å². The number of Topliss-reactive ketones (excluding diaryl/α,β-unsaturated/α-hetero) is 1. The fourth-order valence-electron chi connectivity index (χ4n) is 5.14. The number of ketones is 1. The molecule has 1 N–H and O–H groups in total. The standard InChI is InChI=1S/C30H27NO7/c32-28(20-11-12-24-25(17-20)37-15-14-36-24)26-27(31(30(34)29(26)33)18-23-10-5-13-35-23)19-6-4-9-22(16-19)38-21-7-2-1-3-8-21/h1-4,6-9,11-12,16-17,23,27,32H,5,10,13-15,18H2. The van der Waals surface area contributed by atoms with Gasteiger partial charge in [-0.05, 0) is 60.9 Å². The number of hydrogen-bond donors (Lipinski definition) is 1. The lowest BCUT2D eigenvalue weighted by Crippen LogP contribution is -2.36. The molecule has 0 aliphatic carbocycles. The first kappa shape index (κ1) is 24.1. The minimum Gasteiger partial charge on any atom is -0.507 e. The van der Waals surface area contributed by atoms with Crippen molar-refractivity contribution >= 4 is 17.4 Å². The van der Waals surface area contributed by atoms with Crippen molar-refractivity contribution in [3.63, 3.8) is 0 Å². The van der Waals surface area contributed by atoms with Crippen molar-refractivity contribution in [3.8, 4) is 23.0 Å². The molecule has 3 aromatic carbocycles. The molecule has 3 aliphatic rings. The minimum absolute atomic E-state index is 0.0153. The highest BCUT2D eigenvalue weighted by Gasteiger charge is 2.47. The smallest absolute Gasteiger partial charge is 0.295 e. The second-order valence-corrected chi connectivity index (χ2v) is 9.43. The second kappa shape index (κ2) is 10.2. The number of aliphatic hydroxyl groups excluding tert-OH is 1. The Bertz CT molecular complexity index is 1390. The van der Waals surface area contributed by atoms with Crippen LogP contribution in [0.2, 0.25) is 0 Å². The number of benzene rings is 3. The Morgan fingerprint density at radius 1 is 0.895 bits per heavy atom. The van der Waals surface area contributed by atoms with E-state index in [0.29, 0.717) is 53.9 Å². The number of fused-ring (bicyclic) bond motifs is 1. The fraction of sp³-hybridized carbons (Fsp3) is 0.267. The zero-order chi connectivity index (χ0) is 26.1. The van der Waals surface area contributed by atoms with Gasteiger partial charge in [0.15, 0.2) is 11.5 Å². The van der Waals surface area contributed by atoms with E-state index in [4.69, 9.17) is 18.9 Å². The van der Waals surface area contributed by atoms with Crippen LogP contribution in [0.1, 0.15) is 30.0 Å². The summed E-state index contributed by atoms with van der Waals surface area (Å²) in [5, 5.41) is 11.4. The van der Waals surface area contributed by atoms with Gasteiger partial charge in [0.1, 0.15) is 30.5 Å². The lowest BCUT2D eigenvalue weighted by atomic mass is 9.95. The number of rotatable bonds is 6. The van der Waals surface area contributed by atoms with Gasteiger partial charge in [-0.25, -0.2) is 0 Å². The summed E-state index contributed by atoms with van der Waals surface area (Å²) in [7, 11) is 0. The van der Waals surface area contributed by atoms with Crippen LogP contribution >= 0.6 is 0 Å². The highest BCUT2D eigenvalue weighted by molar-refractivity contribution is 6.46. The first-order valence-corrected chi connectivity index (χ1v) is 12.7. The Labute approximate surface area is 220 Å². The molecule has 6 rings (SSSR count). The largest absolute Gasteiger partial charge is 0.507 e. The van der Waals surface area contributed by atoms with Crippen LogP contribution in [0.15, 0.2) is 78.4 Å². The highest BCUT2D eigenvalue weighted by Crippen LogP contribution is 2.42. The molecular weight excluding hydrogens is 486 g/mol. The Morgan fingerprint density at radius 3 is 2.47 bits per heavy atom. The summed E-state index contributed by atoms with van der Waals surface area (Å²) in [5.41, 5.74) is 1.03. The number of amides is 1. The summed E-state index contributed by atoms with van der Waals surface area (Å²) in [5.74, 6) is 0.575. The third-order valence-electron chi connectivity index (χ3n) is 6.93. The maximum atomic E-state index is 13.4. The van der Waals surface area contributed by atoms with Crippen molar-refractivity contribution in [3.05, 3.63) is 89.5 Å². The van der Waals surface area contributed by atoms with Crippen molar-refractivity contribution in [2.75, 3.05) is 26.4 Å². The van der Waals surface area contributed by atoms with Gasteiger partial charge in [-0.15, -0.1) is 0 Å². The van der Waals surface area contributed by atoms with Gasteiger partial charge in [0.25, 0.3) is 11.7 Å². The van der Waals surface area contributed by atoms with Crippen LogP contribution in [0.25, 0.3) is 5.76 Å². The Kier molecular flexibility index (Phi) is 6.47. The number of carbonyl (C=O) groups is 2. The van der Waals surface area contributed by atoms with Crippen LogP contribution in [-0.2, 0) is 14.3 Å². The van der Waals surface area contributed by atoms with Gasteiger partial charge in [0.05, 0.1) is 17.7 Å². The normalized spacial score (nSPS) is 22.1. The number of ether oxygens (including phenoxy) is 4. The van der Waals surface area contributed by atoms with E-state index in [1.807, 2.05) is 48.5 Å². The van der Waals surface area contributed by atoms with Crippen molar-refractivity contribution in [1.82, 2.24) is 4.90 Å². The SMILES string of the molecule is O=C1C(=O)N(CC2CCCO2)C(c2cccc(Oc3ccccc3)c2)C1=C(O)c1ccc2c(c1)OCCO2. The molecule has 0 saturated carbocycles. The molecule has 8 nitrogen and oxygen atoms in total. The average Bonchev–Trinajstić information content (AvgIpc) is 3.55. The van der Waals surface area contributed by atoms with Crippen LogP contribution in [0, 0.1) is 0 Å². The number of hydrogen-bond acceptors (Lipinski definition) is 7. The molecular formula is C30H27NO7. The summed E-state index contributed by atoms with van der Waals surface area (Å²) in [4.78, 5) is 28.3. The molecule has 2 saturated heterocycles. The Balaban J connectivity index is 1.42. The van der Waals surface area contributed by atoms with Crippen LogP contribution in [-0.4, -0.2) is 54.2 Å². The molecule has 2 fully saturated rings. The molecule has 1 amide bonds. The summed E-state index contributed by atoms with van der Waals surface area (Å²) in [6, 6.07) is 20.7. The zero-order valence-electron chi connectivity index (χ0n) is 20.7. The van der Waals surface area contributed by atoms with Gasteiger partial charge in [0.2, 0.25) is 0 Å². The summed E-state index contributed by atoms with van der Waals surface area (Å²) < 4.78 is 23.1. The van der Waals surface area contributed by atoms with E-state index in [2.05, 4.69) is 0 Å². The Morgan fingerprint density at radius 2 is 1.68 bits per heavy atom. The molecule has 3 heterocycles. The monoisotopic (exact) mass is 513 g/mol. The summed E-state index contributed by atoms with van der Waals surface area (Å²) in [6.07, 6.45) is 1.53. The van der Waals surface area contributed by atoms with Gasteiger partial charge in [-0.3, -0.25) is 9.59 Å². The predicted molar refractivity (Wildman–Crippen MR) is 138 cm³/mol. The topological polar surface area (TPSA) is 94.5 Å². The third-order valence-corrected chi connectivity index (χ3v) is 6.93. The number of aliphatic hydroxyl groups is 1. The number of nitrogens with zero attached hydrogens (tertiary/aromatic N) is 1. The van der Waals surface area contributed by atoms with Crippen LogP contribution < -0.4 is 14.2 Å². The quantitative estimate of drug-likeness (QED) is 0.286. The molecule has 2 unspecified atom stereocenters. The van der Waals surface area contributed by atoms with Crippen LogP contribution in [0.5, 0.6) is 23.0 Å². The van der Waals surface area contributed by atoms with Crippen molar-refractivity contribution in [2.24, 2.45) is 0 Å². The van der Waals surface area contributed by atoms with E-state index in [9.17, 15) is 14.7 Å². The first-order valence-electron chi connectivity index (χ1n) is 12.7. The van der Waals surface area contributed by atoms with E-state index < -0.39 is 17.7 Å². The highest BCUT2D eigenvalue weighted by atomic mass is 16.6. The fourth-order valence-corrected chi connectivity index (χ4v) is 5.14. The molecule has 0 bridgehead atoms. The van der Waals surface area contributed by atoms with Gasteiger partial charge < -0.3 is 29.0 Å². The van der Waals surface area contributed by atoms with E-state index in [1.165, 1.54) is 4.90 Å². The number of para-hydroxylation sites is 1. The van der Waals surface area contributed by atoms with Crippen molar-refractivity contribution in [1.29, 1.82) is 0 Å². The van der Waals surface area contributed by atoms with Crippen molar-refractivity contribution < 1.29 is 33.6 Å². The molecule has 3 aliphatic heterocycles. The lowest BCUT2D eigenvalue weighted by molar-refractivity contribution is -0.140.